The van der Waals surface area contributed by atoms with Gasteiger partial charge in [0.15, 0.2) is 11.0 Å². The van der Waals surface area contributed by atoms with E-state index in [4.69, 9.17) is 11.6 Å². The lowest BCUT2D eigenvalue weighted by Gasteiger charge is -2.07. The molecule has 10 heteroatoms. The number of aromatic nitrogens is 3. The van der Waals surface area contributed by atoms with Crippen molar-refractivity contribution < 1.29 is 9.72 Å². The lowest BCUT2D eigenvalue weighted by molar-refractivity contribution is -0.384. The van der Waals surface area contributed by atoms with E-state index in [2.05, 4.69) is 15.5 Å². The second kappa shape index (κ2) is 8.41. The van der Waals surface area contributed by atoms with Crippen LogP contribution in [0.3, 0.4) is 0 Å². The average Bonchev–Trinajstić information content (AvgIpc) is 3.03. The molecule has 144 valence electrons. The van der Waals surface area contributed by atoms with Crippen molar-refractivity contribution in [2.45, 2.75) is 12.1 Å². The Hall–Kier alpha value is -2.91. The highest BCUT2D eigenvalue weighted by molar-refractivity contribution is 7.99. The van der Waals surface area contributed by atoms with Crippen molar-refractivity contribution in [2.75, 3.05) is 11.1 Å². The number of nitro benzene ring substituents is 1. The number of halogens is 1. The summed E-state index contributed by atoms with van der Waals surface area (Å²) >= 11 is 7.22. The molecule has 1 N–H and O–H groups in total. The summed E-state index contributed by atoms with van der Waals surface area (Å²) in [5.41, 5.74) is 2.27. The normalized spacial score (nSPS) is 10.7. The maximum absolute atomic E-state index is 12.2. The lowest BCUT2D eigenvalue weighted by atomic mass is 10.1. The van der Waals surface area contributed by atoms with Gasteiger partial charge in [-0.3, -0.25) is 14.9 Å². The Morgan fingerprint density at radius 3 is 2.61 bits per heavy atom. The van der Waals surface area contributed by atoms with Crippen molar-refractivity contribution in [3.05, 3.63) is 63.2 Å². The molecule has 3 aromatic rings. The van der Waals surface area contributed by atoms with Gasteiger partial charge in [-0.25, -0.2) is 0 Å². The Morgan fingerprint density at radius 1 is 1.25 bits per heavy atom. The molecule has 0 saturated heterocycles. The van der Waals surface area contributed by atoms with Crippen LogP contribution < -0.4 is 5.32 Å². The largest absolute Gasteiger partial charge is 0.324 e. The first kappa shape index (κ1) is 19.8. The number of hydrogen-bond acceptors (Lipinski definition) is 6. The second-order valence-electron chi connectivity index (χ2n) is 5.99. The molecule has 2 aromatic carbocycles. The fraction of sp³-hybridized carbons (Fsp3) is 0.167. The summed E-state index contributed by atoms with van der Waals surface area (Å²) in [4.78, 5) is 22.4. The number of nitrogens with zero attached hydrogens (tertiary/aromatic N) is 4. The van der Waals surface area contributed by atoms with Gasteiger partial charge in [-0.2, -0.15) is 0 Å². The summed E-state index contributed by atoms with van der Waals surface area (Å²) in [7, 11) is 1.84. The minimum Gasteiger partial charge on any atom is -0.324 e. The number of non-ortho nitro benzene ring substituents is 1. The van der Waals surface area contributed by atoms with Gasteiger partial charge in [0.05, 0.1) is 21.4 Å². The summed E-state index contributed by atoms with van der Waals surface area (Å²) in [5.74, 6) is 0.495. The van der Waals surface area contributed by atoms with Gasteiger partial charge in [-0.05, 0) is 13.0 Å². The first-order chi connectivity index (χ1) is 13.3. The van der Waals surface area contributed by atoms with Crippen molar-refractivity contribution in [3.8, 4) is 11.4 Å². The number of nitro groups is 1. The number of nitrogens with one attached hydrogen (secondary N) is 1. The Balaban J connectivity index is 1.64. The molecule has 28 heavy (non-hydrogen) atoms. The van der Waals surface area contributed by atoms with Crippen LogP contribution in [0.4, 0.5) is 11.4 Å². The van der Waals surface area contributed by atoms with Crippen molar-refractivity contribution in [1.82, 2.24) is 14.8 Å². The first-order valence-corrected chi connectivity index (χ1v) is 9.54. The maximum atomic E-state index is 12.2. The number of thioether (sulfide) groups is 1. The van der Waals surface area contributed by atoms with Crippen LogP contribution in [0.1, 0.15) is 5.56 Å². The minimum atomic E-state index is -0.549. The van der Waals surface area contributed by atoms with E-state index in [1.165, 1.54) is 30.0 Å². The Morgan fingerprint density at radius 2 is 1.96 bits per heavy atom. The zero-order valence-electron chi connectivity index (χ0n) is 15.0. The molecule has 0 radical (unpaired) electrons. The van der Waals surface area contributed by atoms with E-state index < -0.39 is 4.92 Å². The third-order valence-corrected chi connectivity index (χ3v) is 5.25. The monoisotopic (exact) mass is 417 g/mol. The van der Waals surface area contributed by atoms with Gasteiger partial charge >= 0.3 is 0 Å². The number of rotatable bonds is 6. The van der Waals surface area contributed by atoms with E-state index in [1.807, 2.05) is 42.8 Å². The molecule has 0 aliphatic heterocycles. The van der Waals surface area contributed by atoms with E-state index in [0.717, 1.165) is 11.1 Å². The third-order valence-electron chi connectivity index (χ3n) is 3.91. The Bertz CT molecular complexity index is 1040. The minimum absolute atomic E-state index is 0.0905. The number of aryl methyl sites for hydroxylation is 1. The molecule has 0 saturated carbocycles. The number of carbonyl (C=O) groups excluding carboxylic acids is 1. The highest BCUT2D eigenvalue weighted by Crippen LogP contribution is 2.27. The third kappa shape index (κ3) is 4.49. The van der Waals surface area contributed by atoms with Gasteiger partial charge in [0.2, 0.25) is 5.91 Å². The van der Waals surface area contributed by atoms with Gasteiger partial charge in [0, 0.05) is 24.7 Å². The molecule has 0 bridgehead atoms. The standard InChI is InChI=1S/C18H16ClN5O3S/c1-11-3-5-12(6-4-11)17-21-22-18(23(17)2)28-10-16(25)20-15-8-7-13(24(26)27)9-14(15)19/h3-9H,10H2,1-2H3,(H,20,25). The highest BCUT2D eigenvalue weighted by Gasteiger charge is 2.15. The van der Waals surface area contributed by atoms with Crippen LogP contribution in [0.2, 0.25) is 5.02 Å². The summed E-state index contributed by atoms with van der Waals surface area (Å²) in [5, 5.41) is 22.4. The number of benzene rings is 2. The van der Waals surface area contributed by atoms with Crippen LogP contribution in [0.25, 0.3) is 11.4 Å². The van der Waals surface area contributed by atoms with E-state index in [9.17, 15) is 14.9 Å². The zero-order valence-corrected chi connectivity index (χ0v) is 16.6. The molecule has 0 aliphatic rings. The Labute approximate surface area is 170 Å². The average molecular weight is 418 g/mol. The molecule has 8 nitrogen and oxygen atoms in total. The summed E-state index contributed by atoms with van der Waals surface area (Å²) in [6.45, 7) is 2.01. The van der Waals surface area contributed by atoms with Crippen molar-refractivity contribution in [2.24, 2.45) is 7.05 Å². The van der Waals surface area contributed by atoms with Crippen LogP contribution in [0.15, 0.2) is 47.6 Å². The predicted molar refractivity (Wildman–Crippen MR) is 109 cm³/mol. The topological polar surface area (TPSA) is 103 Å². The lowest BCUT2D eigenvalue weighted by Crippen LogP contribution is -2.14. The van der Waals surface area contributed by atoms with Gasteiger partial charge in [-0.15, -0.1) is 10.2 Å². The molecule has 3 rings (SSSR count). The van der Waals surface area contributed by atoms with Crippen LogP contribution >= 0.6 is 23.4 Å². The van der Waals surface area contributed by atoms with Gasteiger partial charge < -0.3 is 9.88 Å². The number of hydrogen-bond donors (Lipinski definition) is 1. The van der Waals surface area contributed by atoms with E-state index in [1.54, 1.807) is 0 Å². The maximum Gasteiger partial charge on any atom is 0.271 e. The first-order valence-electron chi connectivity index (χ1n) is 8.18. The number of amides is 1. The van der Waals surface area contributed by atoms with Crippen LogP contribution in [0, 0.1) is 17.0 Å². The van der Waals surface area contributed by atoms with Crippen LogP contribution in [-0.2, 0) is 11.8 Å². The number of anilines is 1. The molecule has 1 amide bonds. The molecule has 0 atom stereocenters. The molecule has 1 heterocycles. The Kier molecular flexibility index (Phi) is 5.96. The quantitative estimate of drug-likeness (QED) is 0.368. The fourth-order valence-corrected chi connectivity index (χ4v) is 3.36. The second-order valence-corrected chi connectivity index (χ2v) is 7.34. The highest BCUT2D eigenvalue weighted by atomic mass is 35.5. The summed E-state index contributed by atoms with van der Waals surface area (Å²) < 4.78 is 1.82. The molecule has 0 unspecified atom stereocenters. The molecule has 1 aromatic heterocycles. The van der Waals surface area contributed by atoms with E-state index in [-0.39, 0.29) is 22.4 Å². The van der Waals surface area contributed by atoms with Crippen molar-refractivity contribution >= 4 is 40.6 Å². The van der Waals surface area contributed by atoms with Gasteiger partial charge in [0.25, 0.3) is 5.69 Å². The van der Waals surface area contributed by atoms with E-state index in [0.29, 0.717) is 16.7 Å². The number of carbonyl (C=O) groups is 1. The SMILES string of the molecule is Cc1ccc(-c2nnc(SCC(=O)Nc3ccc([N+](=O)[O-])cc3Cl)n2C)cc1. The zero-order chi connectivity index (χ0) is 20.3. The molecule has 0 fully saturated rings. The summed E-state index contributed by atoms with van der Waals surface area (Å²) in [6, 6.07) is 11.8. The predicted octanol–water partition coefficient (Wildman–Crippen LogP) is 4.08. The van der Waals surface area contributed by atoms with E-state index >= 15 is 0 Å². The smallest absolute Gasteiger partial charge is 0.271 e. The van der Waals surface area contributed by atoms with Gasteiger partial charge in [-0.1, -0.05) is 53.2 Å². The van der Waals surface area contributed by atoms with Crippen LogP contribution in [0.5, 0.6) is 0 Å². The molecule has 0 aliphatic carbocycles. The van der Waals surface area contributed by atoms with Crippen LogP contribution in [-0.4, -0.2) is 31.3 Å². The molecule has 0 spiro atoms. The molecular formula is C18H16ClN5O3S. The van der Waals surface area contributed by atoms with Crippen molar-refractivity contribution in [3.63, 3.8) is 0 Å². The summed E-state index contributed by atoms with van der Waals surface area (Å²) in [6.07, 6.45) is 0. The van der Waals surface area contributed by atoms with Crippen molar-refractivity contribution in [1.29, 1.82) is 0 Å². The van der Waals surface area contributed by atoms with Gasteiger partial charge in [0.1, 0.15) is 0 Å². The fourth-order valence-electron chi connectivity index (χ4n) is 2.43. The molecular weight excluding hydrogens is 402 g/mol.